The van der Waals surface area contributed by atoms with Crippen LogP contribution in [0.3, 0.4) is 0 Å². The molecule has 0 amide bonds. The van der Waals surface area contributed by atoms with Gasteiger partial charge in [-0.3, -0.25) is 0 Å². The summed E-state index contributed by atoms with van der Waals surface area (Å²) < 4.78 is 65.2. The standard InChI is InChI=1S/C15H15F3N2O2S/c16-15(17,18)12-6-4-5-11(9-12)14(10-19)20-23(21,22)13-7-2-1-3-8-13/h1-9,14,20H,10,19H2. The summed E-state index contributed by atoms with van der Waals surface area (Å²) in [5.74, 6) is 0. The summed E-state index contributed by atoms with van der Waals surface area (Å²) in [7, 11) is -3.88. The van der Waals surface area contributed by atoms with E-state index in [4.69, 9.17) is 5.73 Å². The first-order valence-electron chi connectivity index (χ1n) is 6.68. The third kappa shape index (κ3) is 4.31. The zero-order chi connectivity index (χ0) is 17.1. The zero-order valence-electron chi connectivity index (χ0n) is 11.9. The maximum atomic E-state index is 12.8. The van der Waals surface area contributed by atoms with Crippen LogP contribution in [0.5, 0.6) is 0 Å². The summed E-state index contributed by atoms with van der Waals surface area (Å²) in [6.07, 6.45) is -4.51. The van der Waals surface area contributed by atoms with E-state index in [0.717, 1.165) is 12.1 Å². The van der Waals surface area contributed by atoms with Crippen molar-refractivity contribution < 1.29 is 21.6 Å². The van der Waals surface area contributed by atoms with E-state index in [1.54, 1.807) is 18.2 Å². The molecule has 4 nitrogen and oxygen atoms in total. The minimum absolute atomic E-state index is 0.0189. The van der Waals surface area contributed by atoms with Crippen molar-refractivity contribution in [2.75, 3.05) is 6.54 Å². The van der Waals surface area contributed by atoms with E-state index in [-0.39, 0.29) is 17.0 Å². The molecule has 0 aliphatic carbocycles. The number of alkyl halides is 3. The Labute approximate surface area is 132 Å². The van der Waals surface area contributed by atoms with Gasteiger partial charge in [0.15, 0.2) is 0 Å². The van der Waals surface area contributed by atoms with Gasteiger partial charge < -0.3 is 5.73 Å². The molecule has 1 unspecified atom stereocenters. The fourth-order valence-electron chi connectivity index (χ4n) is 2.04. The number of nitrogens with one attached hydrogen (secondary N) is 1. The van der Waals surface area contributed by atoms with E-state index in [9.17, 15) is 21.6 Å². The summed E-state index contributed by atoms with van der Waals surface area (Å²) in [6.45, 7) is -0.173. The third-order valence-corrected chi connectivity index (χ3v) is 4.69. The lowest BCUT2D eigenvalue weighted by molar-refractivity contribution is -0.137. The Morgan fingerprint density at radius 3 is 2.26 bits per heavy atom. The van der Waals surface area contributed by atoms with Crippen molar-refractivity contribution in [2.45, 2.75) is 17.1 Å². The van der Waals surface area contributed by atoms with Crippen LogP contribution in [0.4, 0.5) is 13.2 Å². The lowest BCUT2D eigenvalue weighted by atomic mass is 10.0. The molecule has 0 aliphatic rings. The van der Waals surface area contributed by atoms with Crippen molar-refractivity contribution >= 4 is 10.0 Å². The number of nitrogens with two attached hydrogens (primary N) is 1. The molecule has 1 atom stereocenters. The lowest BCUT2D eigenvalue weighted by Gasteiger charge is -2.18. The van der Waals surface area contributed by atoms with Gasteiger partial charge in [0.2, 0.25) is 10.0 Å². The van der Waals surface area contributed by atoms with Crippen LogP contribution in [0.25, 0.3) is 0 Å². The molecule has 2 aromatic carbocycles. The van der Waals surface area contributed by atoms with Crippen molar-refractivity contribution in [2.24, 2.45) is 5.73 Å². The van der Waals surface area contributed by atoms with Gasteiger partial charge in [-0.15, -0.1) is 0 Å². The highest BCUT2D eigenvalue weighted by molar-refractivity contribution is 7.89. The SMILES string of the molecule is NCC(NS(=O)(=O)c1ccccc1)c1cccc(C(F)(F)F)c1. The monoisotopic (exact) mass is 344 g/mol. The average molecular weight is 344 g/mol. The lowest BCUT2D eigenvalue weighted by Crippen LogP contribution is -2.33. The molecular formula is C15H15F3N2O2S. The van der Waals surface area contributed by atoms with Gasteiger partial charge in [-0.1, -0.05) is 30.3 Å². The maximum absolute atomic E-state index is 12.8. The highest BCUT2D eigenvalue weighted by atomic mass is 32.2. The summed E-state index contributed by atoms with van der Waals surface area (Å²) in [4.78, 5) is 0.0189. The summed E-state index contributed by atoms with van der Waals surface area (Å²) in [5, 5.41) is 0. The predicted molar refractivity (Wildman–Crippen MR) is 80.0 cm³/mol. The first-order chi connectivity index (χ1) is 10.7. The second-order valence-corrected chi connectivity index (χ2v) is 6.56. The highest BCUT2D eigenvalue weighted by Crippen LogP contribution is 2.30. The summed E-state index contributed by atoms with van der Waals surface area (Å²) >= 11 is 0. The van der Waals surface area contributed by atoms with Gasteiger partial charge in [0.25, 0.3) is 0 Å². The van der Waals surface area contributed by atoms with Gasteiger partial charge in [-0.25, -0.2) is 13.1 Å². The van der Waals surface area contributed by atoms with E-state index in [1.165, 1.54) is 24.3 Å². The molecule has 23 heavy (non-hydrogen) atoms. The van der Waals surface area contributed by atoms with E-state index in [2.05, 4.69) is 4.72 Å². The fraction of sp³-hybridized carbons (Fsp3) is 0.200. The molecule has 0 fully saturated rings. The molecule has 0 aromatic heterocycles. The Balaban J connectivity index is 2.31. The molecule has 0 heterocycles. The number of benzene rings is 2. The van der Waals surface area contributed by atoms with Crippen LogP contribution in [-0.4, -0.2) is 15.0 Å². The second-order valence-electron chi connectivity index (χ2n) is 4.85. The number of rotatable bonds is 5. The van der Waals surface area contributed by atoms with Crippen molar-refractivity contribution in [1.29, 1.82) is 0 Å². The van der Waals surface area contributed by atoms with Gasteiger partial charge >= 0.3 is 6.18 Å². The third-order valence-electron chi connectivity index (χ3n) is 3.20. The topological polar surface area (TPSA) is 72.2 Å². The van der Waals surface area contributed by atoms with E-state index in [1.807, 2.05) is 0 Å². The first-order valence-corrected chi connectivity index (χ1v) is 8.17. The molecule has 2 aromatic rings. The van der Waals surface area contributed by atoms with Gasteiger partial charge in [0.05, 0.1) is 16.5 Å². The van der Waals surface area contributed by atoms with Crippen LogP contribution in [0.1, 0.15) is 17.2 Å². The van der Waals surface area contributed by atoms with Gasteiger partial charge in [-0.05, 0) is 29.8 Å². The van der Waals surface area contributed by atoms with Crippen molar-refractivity contribution in [3.63, 3.8) is 0 Å². The van der Waals surface area contributed by atoms with Crippen LogP contribution in [0.2, 0.25) is 0 Å². The molecule has 3 N–H and O–H groups in total. The minimum atomic E-state index is -4.51. The quantitative estimate of drug-likeness (QED) is 0.876. The molecule has 0 bridgehead atoms. The van der Waals surface area contributed by atoms with E-state index >= 15 is 0 Å². The van der Waals surface area contributed by atoms with Crippen molar-refractivity contribution in [1.82, 2.24) is 4.72 Å². The number of sulfonamides is 1. The maximum Gasteiger partial charge on any atom is 0.416 e. The molecule has 0 aliphatic heterocycles. The number of halogens is 3. The molecule has 8 heteroatoms. The molecule has 2 rings (SSSR count). The van der Waals surface area contributed by atoms with Crippen molar-refractivity contribution in [3.05, 3.63) is 65.7 Å². The summed E-state index contributed by atoms with van der Waals surface area (Å²) in [6, 6.07) is 11.0. The molecule has 124 valence electrons. The van der Waals surface area contributed by atoms with Crippen LogP contribution in [0, 0.1) is 0 Å². The Bertz CT molecular complexity index is 762. The predicted octanol–water partition coefficient (Wildman–Crippen LogP) is 2.68. The number of hydrogen-bond donors (Lipinski definition) is 2. The fourth-order valence-corrected chi connectivity index (χ4v) is 3.30. The van der Waals surface area contributed by atoms with Crippen molar-refractivity contribution in [3.8, 4) is 0 Å². The normalized spacial score (nSPS) is 13.7. The molecule has 0 spiro atoms. The number of hydrogen-bond acceptors (Lipinski definition) is 3. The van der Waals surface area contributed by atoms with Gasteiger partial charge in [0.1, 0.15) is 0 Å². The summed E-state index contributed by atoms with van der Waals surface area (Å²) in [5.41, 5.74) is 4.84. The molecule has 0 saturated heterocycles. The Morgan fingerprint density at radius 2 is 1.70 bits per heavy atom. The molecular weight excluding hydrogens is 329 g/mol. The average Bonchev–Trinajstić information content (AvgIpc) is 2.53. The van der Waals surface area contributed by atoms with Gasteiger partial charge in [-0.2, -0.15) is 13.2 Å². The van der Waals surface area contributed by atoms with Crippen LogP contribution >= 0.6 is 0 Å². The Morgan fingerprint density at radius 1 is 1.04 bits per heavy atom. The van der Waals surface area contributed by atoms with Gasteiger partial charge in [0, 0.05) is 6.54 Å². The van der Waals surface area contributed by atoms with E-state index in [0.29, 0.717) is 0 Å². The van der Waals surface area contributed by atoms with Crippen LogP contribution in [0.15, 0.2) is 59.5 Å². The highest BCUT2D eigenvalue weighted by Gasteiger charge is 2.31. The second kappa shape index (κ2) is 6.69. The molecule has 0 radical (unpaired) electrons. The Kier molecular flexibility index (Phi) is 5.08. The molecule has 0 saturated carbocycles. The Hall–Kier alpha value is -1.90. The zero-order valence-corrected chi connectivity index (χ0v) is 12.7. The smallest absolute Gasteiger partial charge is 0.329 e. The minimum Gasteiger partial charge on any atom is -0.329 e. The largest absolute Gasteiger partial charge is 0.416 e. The van der Waals surface area contributed by atoms with E-state index < -0.39 is 27.8 Å². The van der Waals surface area contributed by atoms with Crippen LogP contribution < -0.4 is 10.5 Å². The first kappa shape index (κ1) is 17.5. The van der Waals surface area contributed by atoms with Crippen LogP contribution in [-0.2, 0) is 16.2 Å².